The van der Waals surface area contributed by atoms with Gasteiger partial charge in [0.1, 0.15) is 0 Å². The maximum absolute atomic E-state index is 2.64. The predicted molar refractivity (Wildman–Crippen MR) is 58.0 cm³/mol. The van der Waals surface area contributed by atoms with E-state index in [0.717, 1.165) is 11.8 Å². The van der Waals surface area contributed by atoms with Crippen LogP contribution in [0.4, 0.5) is 0 Å². The van der Waals surface area contributed by atoms with Crippen LogP contribution in [0.1, 0.15) is 19.3 Å². The Kier molecular flexibility index (Phi) is 2.05. The summed E-state index contributed by atoms with van der Waals surface area (Å²) in [5, 5.41) is 0. The molecule has 0 aromatic rings. The van der Waals surface area contributed by atoms with Crippen molar-refractivity contribution in [2.45, 2.75) is 19.3 Å². The van der Waals surface area contributed by atoms with Crippen LogP contribution in [0.15, 0.2) is 11.8 Å². The minimum atomic E-state index is 0.934. The number of piperazine rings is 1. The largest absolute Gasteiger partial charge is 0.372 e. The third-order valence-corrected chi connectivity index (χ3v) is 4.17. The summed E-state index contributed by atoms with van der Waals surface area (Å²) in [4.78, 5) is 5.08. The van der Waals surface area contributed by atoms with Crippen molar-refractivity contribution in [3.8, 4) is 0 Å². The van der Waals surface area contributed by atoms with E-state index >= 15 is 0 Å². The molecule has 0 aromatic heterocycles. The van der Waals surface area contributed by atoms with Crippen molar-refractivity contribution in [1.82, 2.24) is 9.80 Å². The van der Waals surface area contributed by atoms with Gasteiger partial charge in [-0.3, -0.25) is 0 Å². The Bertz CT molecular complexity index is 251. The second-order valence-electron chi connectivity index (χ2n) is 5.15. The number of hydrogen-bond acceptors (Lipinski definition) is 2. The molecular weight excluding hydrogens is 172 g/mol. The Morgan fingerprint density at radius 3 is 2.50 bits per heavy atom. The lowest BCUT2D eigenvalue weighted by atomic mass is 10.0. The Hall–Kier alpha value is -0.500. The minimum Gasteiger partial charge on any atom is -0.372 e. The highest BCUT2D eigenvalue weighted by Crippen LogP contribution is 2.44. The Labute approximate surface area is 86.6 Å². The second kappa shape index (κ2) is 3.27. The van der Waals surface area contributed by atoms with Crippen molar-refractivity contribution in [1.29, 1.82) is 0 Å². The van der Waals surface area contributed by atoms with Gasteiger partial charge in [0.2, 0.25) is 0 Å². The van der Waals surface area contributed by atoms with Crippen LogP contribution in [0.2, 0.25) is 0 Å². The summed E-state index contributed by atoms with van der Waals surface area (Å²) in [6.45, 7) is 5.00. The average Bonchev–Trinajstić information content (AvgIpc) is 2.80. The smallest absolute Gasteiger partial charge is 0.0303 e. The van der Waals surface area contributed by atoms with Crippen molar-refractivity contribution in [2.24, 2.45) is 11.8 Å². The topological polar surface area (TPSA) is 6.48 Å². The molecular formula is C12H20N2. The SMILES string of the molecule is CN1CCN(C2=CC3CCC2C3)CC1. The van der Waals surface area contributed by atoms with E-state index in [9.17, 15) is 0 Å². The van der Waals surface area contributed by atoms with Gasteiger partial charge in [-0.25, -0.2) is 0 Å². The monoisotopic (exact) mass is 192 g/mol. The van der Waals surface area contributed by atoms with Gasteiger partial charge in [-0.05, 0) is 38.1 Å². The van der Waals surface area contributed by atoms with Crippen LogP contribution in [0.25, 0.3) is 0 Å². The van der Waals surface area contributed by atoms with Gasteiger partial charge in [-0.1, -0.05) is 6.08 Å². The van der Waals surface area contributed by atoms with E-state index < -0.39 is 0 Å². The van der Waals surface area contributed by atoms with E-state index in [1.54, 1.807) is 5.70 Å². The van der Waals surface area contributed by atoms with Crippen LogP contribution in [-0.4, -0.2) is 43.0 Å². The van der Waals surface area contributed by atoms with Gasteiger partial charge < -0.3 is 9.80 Å². The molecule has 14 heavy (non-hydrogen) atoms. The van der Waals surface area contributed by atoms with E-state index in [0.29, 0.717) is 0 Å². The molecule has 1 aliphatic heterocycles. The highest BCUT2D eigenvalue weighted by molar-refractivity contribution is 5.19. The molecule has 2 bridgehead atoms. The lowest BCUT2D eigenvalue weighted by Crippen LogP contribution is -2.44. The molecule has 2 heteroatoms. The zero-order valence-electron chi connectivity index (χ0n) is 9.08. The zero-order chi connectivity index (χ0) is 9.54. The molecule has 2 atom stereocenters. The molecule has 0 radical (unpaired) electrons. The molecule has 0 amide bonds. The van der Waals surface area contributed by atoms with E-state index in [-0.39, 0.29) is 0 Å². The standard InChI is InChI=1S/C12H20N2/c1-13-4-6-14(7-5-13)12-9-10-2-3-11(12)8-10/h9-11H,2-8H2,1H3. The van der Waals surface area contributed by atoms with Gasteiger partial charge in [0.25, 0.3) is 0 Å². The quantitative estimate of drug-likeness (QED) is 0.622. The van der Waals surface area contributed by atoms with Crippen molar-refractivity contribution < 1.29 is 0 Å². The van der Waals surface area contributed by atoms with E-state index in [2.05, 4.69) is 22.9 Å². The van der Waals surface area contributed by atoms with Crippen LogP contribution >= 0.6 is 0 Å². The number of fused-ring (bicyclic) bond motifs is 2. The van der Waals surface area contributed by atoms with Gasteiger partial charge in [-0.15, -0.1) is 0 Å². The van der Waals surface area contributed by atoms with Gasteiger partial charge >= 0.3 is 0 Å². The molecule has 3 aliphatic rings. The van der Waals surface area contributed by atoms with E-state index in [1.807, 2.05) is 0 Å². The normalized spacial score (nSPS) is 37.8. The summed E-state index contributed by atoms with van der Waals surface area (Å²) < 4.78 is 0. The summed E-state index contributed by atoms with van der Waals surface area (Å²) in [7, 11) is 2.23. The van der Waals surface area contributed by atoms with Crippen LogP contribution in [0, 0.1) is 11.8 Å². The van der Waals surface area contributed by atoms with Gasteiger partial charge in [0.05, 0.1) is 0 Å². The average molecular weight is 192 g/mol. The molecule has 2 nitrogen and oxygen atoms in total. The summed E-state index contributed by atoms with van der Waals surface area (Å²) >= 11 is 0. The molecule has 0 spiro atoms. The molecule has 1 saturated heterocycles. The highest BCUT2D eigenvalue weighted by Gasteiger charge is 2.35. The first-order valence-electron chi connectivity index (χ1n) is 5.98. The summed E-state index contributed by atoms with van der Waals surface area (Å²) in [5.74, 6) is 1.87. The fourth-order valence-corrected chi connectivity index (χ4v) is 3.24. The molecule has 0 N–H and O–H groups in total. The zero-order valence-corrected chi connectivity index (χ0v) is 9.08. The third-order valence-electron chi connectivity index (χ3n) is 4.17. The first kappa shape index (κ1) is 8.78. The van der Waals surface area contributed by atoms with Gasteiger partial charge in [0.15, 0.2) is 0 Å². The number of hydrogen-bond donors (Lipinski definition) is 0. The van der Waals surface area contributed by atoms with Crippen molar-refractivity contribution in [2.75, 3.05) is 33.2 Å². The van der Waals surface area contributed by atoms with Gasteiger partial charge in [-0.2, -0.15) is 0 Å². The third kappa shape index (κ3) is 1.36. The molecule has 1 heterocycles. The number of rotatable bonds is 1. The fourth-order valence-electron chi connectivity index (χ4n) is 3.24. The highest BCUT2D eigenvalue weighted by atomic mass is 15.3. The minimum absolute atomic E-state index is 0.934. The predicted octanol–water partition coefficient (Wildman–Crippen LogP) is 1.55. The molecule has 78 valence electrons. The molecule has 1 saturated carbocycles. The summed E-state index contributed by atoms with van der Waals surface area (Å²) in [6.07, 6.45) is 6.95. The lowest BCUT2D eigenvalue weighted by molar-refractivity contribution is 0.174. The van der Waals surface area contributed by atoms with E-state index in [1.165, 1.54) is 45.4 Å². The van der Waals surface area contributed by atoms with Crippen molar-refractivity contribution in [3.63, 3.8) is 0 Å². The van der Waals surface area contributed by atoms with Crippen LogP contribution in [0.3, 0.4) is 0 Å². The first-order valence-corrected chi connectivity index (χ1v) is 5.98. The summed E-state index contributed by atoms with van der Waals surface area (Å²) in [6, 6.07) is 0. The number of allylic oxidation sites excluding steroid dienone is 2. The van der Waals surface area contributed by atoms with Crippen molar-refractivity contribution in [3.05, 3.63) is 11.8 Å². The van der Waals surface area contributed by atoms with Gasteiger partial charge in [0, 0.05) is 31.9 Å². The lowest BCUT2D eigenvalue weighted by Gasteiger charge is -2.37. The molecule has 0 aromatic carbocycles. The van der Waals surface area contributed by atoms with Crippen molar-refractivity contribution >= 4 is 0 Å². The summed E-state index contributed by atoms with van der Waals surface area (Å²) in [5.41, 5.74) is 1.70. The van der Waals surface area contributed by atoms with E-state index in [4.69, 9.17) is 0 Å². The molecule has 2 fully saturated rings. The number of likely N-dealkylation sites (N-methyl/N-ethyl adjacent to an activating group) is 1. The molecule has 2 unspecified atom stereocenters. The fraction of sp³-hybridized carbons (Fsp3) is 0.833. The Morgan fingerprint density at radius 2 is 1.93 bits per heavy atom. The number of nitrogens with zero attached hydrogens (tertiary/aromatic N) is 2. The first-order chi connectivity index (χ1) is 6.83. The Morgan fingerprint density at radius 1 is 1.14 bits per heavy atom. The maximum Gasteiger partial charge on any atom is 0.0303 e. The maximum atomic E-state index is 2.64. The van der Waals surface area contributed by atoms with Crippen LogP contribution < -0.4 is 0 Å². The van der Waals surface area contributed by atoms with Crippen LogP contribution in [-0.2, 0) is 0 Å². The molecule has 3 rings (SSSR count). The van der Waals surface area contributed by atoms with Crippen LogP contribution in [0.5, 0.6) is 0 Å². The second-order valence-corrected chi connectivity index (χ2v) is 5.15. The Balaban J connectivity index is 1.69. The molecule has 2 aliphatic carbocycles.